The molecule has 0 aromatic rings. The molecule has 134 valence electrons. The molecule has 0 spiro atoms. The van der Waals surface area contributed by atoms with Gasteiger partial charge in [-0.1, -0.05) is 0 Å². The second-order valence-corrected chi connectivity index (χ2v) is 7.86. The Morgan fingerprint density at radius 1 is 0.826 bits per heavy atom. The fourth-order valence-electron chi connectivity index (χ4n) is 2.17. The Morgan fingerprint density at radius 2 is 1.22 bits per heavy atom. The first kappa shape index (κ1) is 21.6. The Hall–Kier alpha value is -1.39. The van der Waals surface area contributed by atoms with Crippen LogP contribution in [0.15, 0.2) is 0 Å². The lowest BCUT2D eigenvalue weighted by atomic mass is 9.93. The van der Waals surface area contributed by atoms with Gasteiger partial charge in [-0.05, 0) is 66.7 Å². The van der Waals surface area contributed by atoms with Gasteiger partial charge in [-0.25, -0.2) is 0 Å². The number of carbonyl (C=O) groups is 3. The zero-order chi connectivity index (χ0) is 18.1. The van der Waals surface area contributed by atoms with Crippen LogP contribution in [0.3, 0.4) is 0 Å². The van der Waals surface area contributed by atoms with Gasteiger partial charge in [0.2, 0.25) is 0 Å². The lowest BCUT2D eigenvalue weighted by molar-refractivity contribution is -0.155. The zero-order valence-corrected chi connectivity index (χ0v) is 15.4. The van der Waals surface area contributed by atoms with Crippen LogP contribution in [-0.4, -0.2) is 29.4 Å². The highest BCUT2D eigenvalue weighted by Crippen LogP contribution is 2.21. The molecule has 0 amide bonds. The van der Waals surface area contributed by atoms with Crippen molar-refractivity contribution in [3.63, 3.8) is 0 Å². The Kier molecular flexibility index (Phi) is 9.10. The molecule has 0 saturated heterocycles. The molecule has 0 aliphatic carbocycles. The Bertz CT molecular complexity index is 355. The van der Waals surface area contributed by atoms with Crippen molar-refractivity contribution in [1.82, 2.24) is 0 Å². The van der Waals surface area contributed by atoms with Crippen LogP contribution in [0.25, 0.3) is 0 Å². The molecule has 0 saturated carbocycles. The van der Waals surface area contributed by atoms with Gasteiger partial charge in [-0.2, -0.15) is 0 Å². The topological polar surface area (TPSA) is 69.7 Å². The Balaban J connectivity index is 4.33. The third-order valence-electron chi connectivity index (χ3n) is 3.05. The Morgan fingerprint density at radius 3 is 1.52 bits per heavy atom. The van der Waals surface area contributed by atoms with E-state index >= 15 is 0 Å². The number of hydrogen-bond acceptors (Lipinski definition) is 5. The maximum Gasteiger partial charge on any atom is 0.306 e. The maximum absolute atomic E-state index is 11.8. The fraction of sp³-hybridized carbons (Fsp3) is 0.833. The van der Waals surface area contributed by atoms with E-state index in [-0.39, 0.29) is 17.9 Å². The van der Waals surface area contributed by atoms with E-state index in [1.807, 2.05) is 41.5 Å². The number of rotatable bonds is 9. The van der Waals surface area contributed by atoms with Gasteiger partial charge < -0.3 is 14.3 Å². The van der Waals surface area contributed by atoms with Gasteiger partial charge in [0.05, 0.1) is 0 Å². The van der Waals surface area contributed by atoms with Gasteiger partial charge in [-0.15, -0.1) is 0 Å². The molecule has 0 unspecified atom stereocenters. The maximum atomic E-state index is 11.8. The van der Waals surface area contributed by atoms with Crippen molar-refractivity contribution >= 4 is 18.2 Å². The zero-order valence-electron chi connectivity index (χ0n) is 15.4. The van der Waals surface area contributed by atoms with Crippen LogP contribution in [-0.2, 0) is 23.9 Å². The summed E-state index contributed by atoms with van der Waals surface area (Å²) in [5.74, 6) is -0.350. The van der Waals surface area contributed by atoms with Crippen molar-refractivity contribution in [2.24, 2.45) is 5.92 Å². The van der Waals surface area contributed by atoms with E-state index < -0.39 is 11.2 Å². The van der Waals surface area contributed by atoms with Gasteiger partial charge >= 0.3 is 11.9 Å². The molecule has 0 aromatic heterocycles. The summed E-state index contributed by atoms with van der Waals surface area (Å²) in [7, 11) is 0. The van der Waals surface area contributed by atoms with E-state index in [0.29, 0.717) is 38.5 Å². The summed E-state index contributed by atoms with van der Waals surface area (Å²) in [5.41, 5.74) is -0.988. The first-order valence-corrected chi connectivity index (χ1v) is 8.30. The lowest BCUT2D eigenvalue weighted by Gasteiger charge is -2.22. The van der Waals surface area contributed by atoms with Gasteiger partial charge in [0.1, 0.15) is 17.5 Å². The van der Waals surface area contributed by atoms with Crippen molar-refractivity contribution in [2.45, 2.75) is 91.3 Å². The predicted molar refractivity (Wildman–Crippen MR) is 88.9 cm³/mol. The molecule has 0 N–H and O–H groups in total. The monoisotopic (exact) mass is 328 g/mol. The molecule has 0 rings (SSSR count). The molecule has 0 bridgehead atoms. The molecule has 0 radical (unpaired) electrons. The van der Waals surface area contributed by atoms with Crippen LogP contribution in [0.1, 0.15) is 80.1 Å². The van der Waals surface area contributed by atoms with Crippen molar-refractivity contribution in [1.29, 1.82) is 0 Å². The molecule has 0 aliphatic heterocycles. The molecule has 23 heavy (non-hydrogen) atoms. The quantitative estimate of drug-likeness (QED) is 0.475. The average molecular weight is 328 g/mol. The van der Waals surface area contributed by atoms with E-state index in [0.717, 1.165) is 6.29 Å². The fourth-order valence-corrected chi connectivity index (χ4v) is 2.17. The number of esters is 2. The molecule has 0 heterocycles. The first-order valence-electron chi connectivity index (χ1n) is 8.30. The normalized spacial score (nSPS) is 12.1. The minimum absolute atomic E-state index is 0.139. The predicted octanol–water partition coefficient (Wildman–Crippen LogP) is 3.83. The second kappa shape index (κ2) is 9.68. The third kappa shape index (κ3) is 14.0. The minimum atomic E-state index is -0.494. The molecule has 0 aliphatic rings. The highest BCUT2D eigenvalue weighted by molar-refractivity contribution is 5.70. The van der Waals surface area contributed by atoms with E-state index in [1.54, 1.807) is 0 Å². The standard InChI is InChI=1S/C18H32O5/c1-17(2,3)22-15(20)11-9-14(8-7-13-19)10-12-16(21)23-18(4,5)6/h13-14H,7-12H2,1-6H3. The summed E-state index contributed by atoms with van der Waals surface area (Å²) >= 11 is 0. The summed E-state index contributed by atoms with van der Waals surface area (Å²) in [6.45, 7) is 11.0. The van der Waals surface area contributed by atoms with Crippen LogP contribution in [0.4, 0.5) is 0 Å². The smallest absolute Gasteiger partial charge is 0.306 e. The van der Waals surface area contributed by atoms with Crippen molar-refractivity contribution in [3.05, 3.63) is 0 Å². The van der Waals surface area contributed by atoms with Crippen LogP contribution in [0.5, 0.6) is 0 Å². The van der Waals surface area contributed by atoms with E-state index in [2.05, 4.69) is 0 Å². The molecular weight excluding hydrogens is 296 g/mol. The summed E-state index contributed by atoms with van der Waals surface area (Å²) in [4.78, 5) is 34.1. The highest BCUT2D eigenvalue weighted by atomic mass is 16.6. The number of carbonyl (C=O) groups excluding carboxylic acids is 3. The molecular formula is C18H32O5. The molecule has 5 heteroatoms. The van der Waals surface area contributed by atoms with Crippen LogP contribution in [0, 0.1) is 5.92 Å². The van der Waals surface area contributed by atoms with Gasteiger partial charge in [0.15, 0.2) is 0 Å². The summed E-state index contributed by atoms with van der Waals surface area (Å²) in [6, 6.07) is 0. The van der Waals surface area contributed by atoms with E-state index in [1.165, 1.54) is 0 Å². The van der Waals surface area contributed by atoms with Crippen LogP contribution >= 0.6 is 0 Å². The summed E-state index contributed by atoms with van der Waals surface area (Å²) in [6.07, 6.45) is 3.82. The largest absolute Gasteiger partial charge is 0.460 e. The second-order valence-electron chi connectivity index (χ2n) is 7.86. The van der Waals surface area contributed by atoms with E-state index in [4.69, 9.17) is 9.47 Å². The lowest BCUT2D eigenvalue weighted by Crippen LogP contribution is -2.25. The van der Waals surface area contributed by atoms with Crippen LogP contribution < -0.4 is 0 Å². The summed E-state index contributed by atoms with van der Waals surface area (Å²) < 4.78 is 10.6. The van der Waals surface area contributed by atoms with Crippen molar-refractivity contribution in [2.75, 3.05) is 0 Å². The summed E-state index contributed by atoms with van der Waals surface area (Å²) in [5, 5.41) is 0. The van der Waals surface area contributed by atoms with Gasteiger partial charge in [0, 0.05) is 19.3 Å². The number of aldehydes is 1. The average Bonchev–Trinajstić information content (AvgIpc) is 2.33. The number of hydrogen-bond donors (Lipinski definition) is 0. The van der Waals surface area contributed by atoms with Crippen LogP contribution in [0.2, 0.25) is 0 Å². The first-order chi connectivity index (χ1) is 10.4. The van der Waals surface area contributed by atoms with Gasteiger partial charge in [-0.3, -0.25) is 9.59 Å². The van der Waals surface area contributed by atoms with E-state index in [9.17, 15) is 14.4 Å². The third-order valence-corrected chi connectivity index (χ3v) is 3.05. The molecule has 5 nitrogen and oxygen atoms in total. The van der Waals surface area contributed by atoms with Crippen molar-refractivity contribution < 1.29 is 23.9 Å². The molecule has 0 aromatic carbocycles. The van der Waals surface area contributed by atoms with Crippen molar-refractivity contribution in [3.8, 4) is 0 Å². The SMILES string of the molecule is CC(C)(C)OC(=O)CCC(CCC=O)CCC(=O)OC(C)(C)C. The molecule has 0 fully saturated rings. The number of ether oxygens (including phenoxy) is 2. The Labute approximate surface area is 140 Å². The minimum Gasteiger partial charge on any atom is -0.460 e. The van der Waals surface area contributed by atoms with Gasteiger partial charge in [0.25, 0.3) is 0 Å². The molecule has 0 atom stereocenters. The highest BCUT2D eigenvalue weighted by Gasteiger charge is 2.20.